The molecule has 1 aromatic heterocycles. The third-order valence-electron chi connectivity index (χ3n) is 2.51. The van der Waals surface area contributed by atoms with E-state index in [0.29, 0.717) is 5.25 Å². The van der Waals surface area contributed by atoms with Crippen LogP contribution in [0.3, 0.4) is 0 Å². The molecule has 18 heavy (non-hydrogen) atoms. The zero-order chi connectivity index (χ0) is 13.1. The van der Waals surface area contributed by atoms with Crippen LogP contribution in [0.5, 0.6) is 0 Å². The van der Waals surface area contributed by atoms with Gasteiger partial charge < -0.3 is 0 Å². The van der Waals surface area contributed by atoms with E-state index in [1.165, 1.54) is 21.8 Å². The van der Waals surface area contributed by atoms with Crippen LogP contribution in [0.25, 0.3) is 11.1 Å². The number of ketones is 1. The quantitative estimate of drug-likeness (QED) is 0.569. The Morgan fingerprint density at radius 3 is 2.33 bits per heavy atom. The highest BCUT2D eigenvalue weighted by molar-refractivity contribution is 7.99. The summed E-state index contributed by atoms with van der Waals surface area (Å²) in [6, 6.07) is 10.5. The van der Waals surface area contributed by atoms with E-state index in [-0.39, 0.29) is 5.78 Å². The van der Waals surface area contributed by atoms with Gasteiger partial charge in [0.15, 0.2) is 5.78 Å². The summed E-state index contributed by atoms with van der Waals surface area (Å²) in [5.41, 5.74) is 2.30. The lowest BCUT2D eigenvalue weighted by atomic mass is 10.1. The van der Waals surface area contributed by atoms with Crippen LogP contribution in [0, 0.1) is 0 Å². The summed E-state index contributed by atoms with van der Waals surface area (Å²) >= 11 is 3.37. The first-order valence-corrected chi connectivity index (χ1v) is 7.69. The third-order valence-corrected chi connectivity index (χ3v) is 4.55. The molecule has 0 atom stereocenters. The van der Waals surface area contributed by atoms with Crippen LogP contribution in [0.4, 0.5) is 0 Å². The first-order valence-electron chi connectivity index (χ1n) is 5.93. The fraction of sp³-hybridized carbons (Fsp3) is 0.267. The zero-order valence-corrected chi connectivity index (χ0v) is 12.4. The number of thioether (sulfide) groups is 1. The van der Waals surface area contributed by atoms with Gasteiger partial charge in [-0.2, -0.15) is 0 Å². The van der Waals surface area contributed by atoms with E-state index in [2.05, 4.69) is 38.1 Å². The maximum atomic E-state index is 11.3. The maximum absolute atomic E-state index is 11.3. The summed E-state index contributed by atoms with van der Waals surface area (Å²) in [6.07, 6.45) is 0. The molecule has 0 saturated carbocycles. The number of Topliss-reactive ketones (excluding diaryl/α,β-unsaturated/α-hetero) is 1. The van der Waals surface area contributed by atoms with Gasteiger partial charge in [-0.25, -0.2) is 0 Å². The van der Waals surface area contributed by atoms with E-state index >= 15 is 0 Å². The fourth-order valence-corrected chi connectivity index (χ4v) is 3.33. The van der Waals surface area contributed by atoms with Crippen molar-refractivity contribution in [3.8, 4) is 11.1 Å². The minimum atomic E-state index is 0.137. The van der Waals surface area contributed by atoms with Crippen molar-refractivity contribution in [2.45, 2.75) is 30.9 Å². The molecular weight excluding hydrogens is 260 g/mol. The zero-order valence-electron chi connectivity index (χ0n) is 10.8. The molecule has 0 saturated heterocycles. The fourth-order valence-electron chi connectivity index (χ4n) is 1.67. The molecule has 94 valence electrons. The molecule has 0 N–H and O–H groups in total. The van der Waals surface area contributed by atoms with Crippen molar-refractivity contribution in [3.63, 3.8) is 0 Å². The number of carbonyl (C=O) groups is 1. The molecule has 0 fully saturated rings. The predicted molar refractivity (Wildman–Crippen MR) is 80.8 cm³/mol. The Kier molecular flexibility index (Phi) is 4.25. The van der Waals surface area contributed by atoms with Gasteiger partial charge in [-0.3, -0.25) is 4.79 Å². The molecule has 0 spiro atoms. The summed E-state index contributed by atoms with van der Waals surface area (Å²) in [7, 11) is 0. The van der Waals surface area contributed by atoms with E-state index in [9.17, 15) is 4.79 Å². The largest absolute Gasteiger partial charge is 0.294 e. The first-order chi connectivity index (χ1) is 8.56. The van der Waals surface area contributed by atoms with E-state index in [1.54, 1.807) is 6.92 Å². The van der Waals surface area contributed by atoms with Gasteiger partial charge in [0.1, 0.15) is 0 Å². The van der Waals surface area contributed by atoms with E-state index in [4.69, 9.17) is 0 Å². The lowest BCUT2D eigenvalue weighted by molar-refractivity contribution is 0.102. The Bertz CT molecular complexity index is 538. The first kappa shape index (κ1) is 13.4. The lowest BCUT2D eigenvalue weighted by Gasteiger charge is -2.05. The van der Waals surface area contributed by atoms with Crippen LogP contribution in [-0.2, 0) is 0 Å². The number of carbonyl (C=O) groups excluding carboxylic acids is 1. The Labute approximate surface area is 116 Å². The standard InChI is InChI=1S/C15H16OS2/c1-10(2)18-14-6-4-12(5-7-14)13-8-15(11(3)16)17-9-13/h4-10H,1-3H3. The van der Waals surface area contributed by atoms with Gasteiger partial charge in [0.2, 0.25) is 0 Å². The second-order valence-electron chi connectivity index (χ2n) is 4.45. The Hall–Kier alpha value is -1.06. The van der Waals surface area contributed by atoms with Crippen molar-refractivity contribution in [1.82, 2.24) is 0 Å². The lowest BCUT2D eigenvalue weighted by Crippen LogP contribution is -1.86. The average molecular weight is 276 g/mol. The number of benzene rings is 1. The van der Waals surface area contributed by atoms with Crippen molar-refractivity contribution < 1.29 is 4.79 Å². The molecule has 2 rings (SSSR count). The molecule has 0 aliphatic heterocycles. The van der Waals surface area contributed by atoms with E-state index in [1.807, 2.05) is 23.2 Å². The number of hydrogen-bond acceptors (Lipinski definition) is 3. The van der Waals surface area contributed by atoms with Crippen LogP contribution in [-0.4, -0.2) is 11.0 Å². The second kappa shape index (κ2) is 5.72. The molecule has 0 aliphatic rings. The van der Waals surface area contributed by atoms with Crippen LogP contribution in [0.1, 0.15) is 30.4 Å². The molecule has 2 aromatic rings. The van der Waals surface area contributed by atoms with Crippen molar-refractivity contribution >= 4 is 28.9 Å². The van der Waals surface area contributed by atoms with Gasteiger partial charge in [0, 0.05) is 10.1 Å². The number of thiophene rings is 1. The van der Waals surface area contributed by atoms with Crippen LogP contribution >= 0.6 is 23.1 Å². The molecule has 0 aliphatic carbocycles. The van der Waals surface area contributed by atoms with Gasteiger partial charge in [-0.15, -0.1) is 23.1 Å². The summed E-state index contributed by atoms with van der Waals surface area (Å²) < 4.78 is 0. The van der Waals surface area contributed by atoms with Crippen molar-refractivity contribution in [2.75, 3.05) is 0 Å². The van der Waals surface area contributed by atoms with Crippen molar-refractivity contribution in [3.05, 3.63) is 40.6 Å². The Balaban J connectivity index is 2.20. The van der Waals surface area contributed by atoms with Crippen LogP contribution in [0.2, 0.25) is 0 Å². The van der Waals surface area contributed by atoms with E-state index in [0.717, 1.165) is 10.4 Å². The Morgan fingerprint density at radius 1 is 1.17 bits per heavy atom. The molecular formula is C15H16OS2. The second-order valence-corrected chi connectivity index (χ2v) is 7.01. The van der Waals surface area contributed by atoms with Crippen LogP contribution in [0.15, 0.2) is 40.6 Å². The molecule has 3 heteroatoms. The molecule has 0 bridgehead atoms. The molecule has 1 heterocycles. The minimum Gasteiger partial charge on any atom is -0.294 e. The van der Waals surface area contributed by atoms with Gasteiger partial charge >= 0.3 is 0 Å². The predicted octanol–water partition coefficient (Wildman–Crippen LogP) is 5.12. The average Bonchev–Trinajstić information content (AvgIpc) is 2.78. The molecule has 1 nitrogen and oxygen atoms in total. The summed E-state index contributed by atoms with van der Waals surface area (Å²) in [4.78, 5) is 13.4. The maximum Gasteiger partial charge on any atom is 0.169 e. The molecule has 0 radical (unpaired) electrons. The Morgan fingerprint density at radius 2 is 1.83 bits per heavy atom. The molecule has 0 unspecified atom stereocenters. The van der Waals surface area contributed by atoms with Gasteiger partial charge in [-0.05, 0) is 41.6 Å². The van der Waals surface area contributed by atoms with Crippen LogP contribution < -0.4 is 0 Å². The highest BCUT2D eigenvalue weighted by atomic mass is 32.2. The van der Waals surface area contributed by atoms with E-state index < -0.39 is 0 Å². The van der Waals surface area contributed by atoms with Crippen molar-refractivity contribution in [2.24, 2.45) is 0 Å². The number of hydrogen-bond donors (Lipinski definition) is 0. The minimum absolute atomic E-state index is 0.137. The van der Waals surface area contributed by atoms with Gasteiger partial charge in [0.05, 0.1) is 4.88 Å². The summed E-state index contributed by atoms with van der Waals surface area (Å²) in [5, 5.41) is 2.64. The summed E-state index contributed by atoms with van der Waals surface area (Å²) in [6.45, 7) is 5.99. The van der Waals surface area contributed by atoms with Crippen molar-refractivity contribution in [1.29, 1.82) is 0 Å². The normalized spacial score (nSPS) is 10.9. The van der Waals surface area contributed by atoms with Gasteiger partial charge in [-0.1, -0.05) is 26.0 Å². The number of rotatable bonds is 4. The summed E-state index contributed by atoms with van der Waals surface area (Å²) in [5.74, 6) is 0.137. The highest BCUT2D eigenvalue weighted by Gasteiger charge is 2.06. The third kappa shape index (κ3) is 3.24. The highest BCUT2D eigenvalue weighted by Crippen LogP contribution is 2.29. The molecule has 0 amide bonds. The van der Waals surface area contributed by atoms with Gasteiger partial charge in [0.25, 0.3) is 0 Å². The smallest absolute Gasteiger partial charge is 0.169 e. The monoisotopic (exact) mass is 276 g/mol. The SMILES string of the molecule is CC(=O)c1cc(-c2ccc(SC(C)C)cc2)cs1. The topological polar surface area (TPSA) is 17.1 Å². The molecule has 1 aromatic carbocycles.